The van der Waals surface area contributed by atoms with Gasteiger partial charge in [-0.2, -0.15) is 0 Å². The standard InChI is InChI=1S/C31H27FN4O6S/c1-43(40,41)26-10-2-20(3-11-26)29(37)21-14-16-36(17-15-21)31(39)22-4-12-27(33-18-22)30(38)35-24-7-13-28(34-19-24)42-25-8-5-23(32)6-9-25/h2-13,18-19,21H,14-17H2,1H3,(H,35,38). The number of Topliss-reactive ketones (excluding diaryl/α,β-unsaturated/α-hetero) is 1. The fourth-order valence-electron chi connectivity index (χ4n) is 4.62. The second-order valence-electron chi connectivity index (χ2n) is 10.1. The number of nitrogens with zero attached hydrogens (tertiary/aromatic N) is 3. The van der Waals surface area contributed by atoms with E-state index in [9.17, 15) is 27.2 Å². The molecule has 1 aliphatic heterocycles. The third-order valence-corrected chi connectivity index (χ3v) is 8.12. The summed E-state index contributed by atoms with van der Waals surface area (Å²) in [7, 11) is -3.34. The molecule has 0 spiro atoms. The normalized spacial score (nSPS) is 13.8. The van der Waals surface area contributed by atoms with Crippen LogP contribution in [0.5, 0.6) is 11.6 Å². The molecule has 220 valence electrons. The number of ketones is 1. The van der Waals surface area contributed by atoms with Crippen LogP contribution >= 0.6 is 0 Å². The summed E-state index contributed by atoms with van der Waals surface area (Å²) in [5.74, 6) is -0.773. The summed E-state index contributed by atoms with van der Waals surface area (Å²) in [4.78, 5) is 48.7. The molecule has 1 saturated heterocycles. The topological polar surface area (TPSA) is 136 Å². The Kier molecular flexibility index (Phi) is 8.58. The van der Waals surface area contributed by atoms with Crippen LogP contribution < -0.4 is 10.1 Å². The van der Waals surface area contributed by atoms with Crippen LogP contribution in [-0.2, 0) is 9.84 Å². The van der Waals surface area contributed by atoms with Gasteiger partial charge in [0, 0.05) is 43.1 Å². The summed E-state index contributed by atoms with van der Waals surface area (Å²) in [6, 6.07) is 17.5. The molecule has 4 aromatic rings. The number of likely N-dealkylation sites (tertiary alicyclic amines) is 1. The highest BCUT2D eigenvalue weighted by Crippen LogP contribution is 2.24. The minimum Gasteiger partial charge on any atom is -0.439 e. The average molecular weight is 603 g/mol. The number of carbonyl (C=O) groups is 3. The molecular weight excluding hydrogens is 575 g/mol. The largest absolute Gasteiger partial charge is 0.439 e. The van der Waals surface area contributed by atoms with Gasteiger partial charge in [0.25, 0.3) is 11.8 Å². The van der Waals surface area contributed by atoms with Gasteiger partial charge in [0.1, 0.15) is 17.3 Å². The van der Waals surface area contributed by atoms with Gasteiger partial charge in [-0.15, -0.1) is 0 Å². The predicted octanol–water partition coefficient (Wildman–Crippen LogP) is 4.80. The molecule has 3 heterocycles. The molecule has 43 heavy (non-hydrogen) atoms. The number of benzene rings is 2. The molecule has 1 aliphatic rings. The van der Waals surface area contributed by atoms with Crippen molar-refractivity contribution >= 4 is 33.1 Å². The average Bonchev–Trinajstić information content (AvgIpc) is 3.02. The summed E-state index contributed by atoms with van der Waals surface area (Å²) in [5, 5.41) is 2.68. The maximum absolute atomic E-state index is 13.0. The summed E-state index contributed by atoms with van der Waals surface area (Å²) in [6.45, 7) is 0.763. The molecule has 0 unspecified atom stereocenters. The van der Waals surface area contributed by atoms with Gasteiger partial charge < -0.3 is 15.0 Å². The van der Waals surface area contributed by atoms with E-state index in [0.29, 0.717) is 48.5 Å². The van der Waals surface area contributed by atoms with Gasteiger partial charge in [0.2, 0.25) is 5.88 Å². The Morgan fingerprint density at radius 2 is 1.53 bits per heavy atom. The Morgan fingerprint density at radius 1 is 0.860 bits per heavy atom. The lowest BCUT2D eigenvalue weighted by Gasteiger charge is -2.31. The molecule has 2 amide bonds. The van der Waals surface area contributed by atoms with Crippen molar-refractivity contribution in [1.29, 1.82) is 0 Å². The van der Waals surface area contributed by atoms with Gasteiger partial charge in [0.15, 0.2) is 15.6 Å². The first-order valence-electron chi connectivity index (χ1n) is 13.4. The van der Waals surface area contributed by atoms with Crippen LogP contribution in [0.3, 0.4) is 0 Å². The number of halogens is 1. The van der Waals surface area contributed by atoms with E-state index in [1.807, 2.05) is 0 Å². The number of anilines is 1. The van der Waals surface area contributed by atoms with Crippen molar-refractivity contribution < 1.29 is 31.9 Å². The molecule has 0 radical (unpaired) electrons. The van der Waals surface area contributed by atoms with E-state index in [1.165, 1.54) is 73.1 Å². The highest BCUT2D eigenvalue weighted by Gasteiger charge is 2.29. The molecular formula is C31H27FN4O6S. The van der Waals surface area contributed by atoms with Crippen LogP contribution in [-0.4, -0.2) is 60.2 Å². The zero-order valence-electron chi connectivity index (χ0n) is 23.1. The van der Waals surface area contributed by atoms with Crippen molar-refractivity contribution in [2.24, 2.45) is 5.92 Å². The van der Waals surface area contributed by atoms with Crippen LogP contribution in [0.25, 0.3) is 0 Å². The van der Waals surface area contributed by atoms with Gasteiger partial charge in [-0.1, -0.05) is 12.1 Å². The summed E-state index contributed by atoms with van der Waals surface area (Å²) >= 11 is 0. The Balaban J connectivity index is 1.12. The van der Waals surface area contributed by atoms with Crippen molar-refractivity contribution in [3.8, 4) is 11.6 Å². The summed E-state index contributed by atoms with van der Waals surface area (Å²) in [5.41, 5.74) is 1.28. The molecule has 2 aromatic carbocycles. The van der Waals surface area contributed by atoms with E-state index in [1.54, 1.807) is 17.0 Å². The fraction of sp³-hybridized carbons (Fsp3) is 0.194. The number of hydrogen-bond donors (Lipinski definition) is 1. The van der Waals surface area contributed by atoms with Crippen LogP contribution in [0.2, 0.25) is 0 Å². The number of sulfone groups is 1. The number of ether oxygens (including phenoxy) is 1. The van der Waals surface area contributed by atoms with Crippen LogP contribution in [0, 0.1) is 11.7 Å². The van der Waals surface area contributed by atoms with Gasteiger partial charge in [-0.25, -0.2) is 17.8 Å². The van der Waals surface area contributed by atoms with Crippen LogP contribution in [0.4, 0.5) is 10.1 Å². The van der Waals surface area contributed by atoms with Crippen molar-refractivity contribution in [2.75, 3.05) is 24.7 Å². The molecule has 2 aromatic heterocycles. The Bertz CT molecular complexity index is 1740. The highest BCUT2D eigenvalue weighted by atomic mass is 32.2. The third kappa shape index (κ3) is 7.28. The maximum atomic E-state index is 13.0. The number of piperidine rings is 1. The fourth-order valence-corrected chi connectivity index (χ4v) is 5.25. The molecule has 10 nitrogen and oxygen atoms in total. The number of nitrogens with one attached hydrogen (secondary N) is 1. The number of amides is 2. The minimum absolute atomic E-state index is 0.0746. The van der Waals surface area contributed by atoms with Gasteiger partial charge in [0.05, 0.1) is 22.3 Å². The van der Waals surface area contributed by atoms with Crippen LogP contribution in [0.15, 0.2) is 90.1 Å². The minimum atomic E-state index is -3.34. The maximum Gasteiger partial charge on any atom is 0.274 e. The molecule has 5 rings (SSSR count). The lowest BCUT2D eigenvalue weighted by molar-refractivity contribution is 0.0650. The number of pyridine rings is 2. The van der Waals surface area contributed by atoms with Gasteiger partial charge in [-0.3, -0.25) is 19.4 Å². The monoisotopic (exact) mass is 602 g/mol. The van der Waals surface area contributed by atoms with Crippen molar-refractivity contribution in [3.05, 3.63) is 108 Å². The quantitative estimate of drug-likeness (QED) is 0.284. The van der Waals surface area contributed by atoms with Gasteiger partial charge >= 0.3 is 0 Å². The van der Waals surface area contributed by atoms with E-state index < -0.39 is 15.7 Å². The Labute approximate surface area is 247 Å². The second kappa shape index (κ2) is 12.5. The van der Waals surface area contributed by atoms with E-state index in [0.717, 1.165) is 6.26 Å². The molecule has 0 atom stereocenters. The lowest BCUT2D eigenvalue weighted by atomic mass is 9.88. The second-order valence-corrected chi connectivity index (χ2v) is 12.1. The first kappa shape index (κ1) is 29.5. The number of carbonyl (C=O) groups excluding carboxylic acids is 3. The van der Waals surface area contributed by atoms with Crippen LogP contribution in [0.1, 0.15) is 44.0 Å². The molecule has 0 aliphatic carbocycles. The highest BCUT2D eigenvalue weighted by molar-refractivity contribution is 7.90. The zero-order valence-corrected chi connectivity index (χ0v) is 23.9. The number of hydrogen-bond acceptors (Lipinski definition) is 8. The first-order valence-corrected chi connectivity index (χ1v) is 15.3. The van der Waals surface area contributed by atoms with Crippen molar-refractivity contribution in [3.63, 3.8) is 0 Å². The SMILES string of the molecule is CS(=O)(=O)c1ccc(C(=O)C2CCN(C(=O)c3ccc(C(=O)Nc4ccc(Oc5ccc(F)cc5)nc4)nc3)CC2)cc1. The first-order chi connectivity index (χ1) is 20.6. The van der Waals surface area contributed by atoms with E-state index >= 15 is 0 Å². The number of aromatic nitrogens is 2. The Hall–Kier alpha value is -4.97. The molecule has 0 bridgehead atoms. The van der Waals surface area contributed by atoms with Crippen molar-refractivity contribution in [1.82, 2.24) is 14.9 Å². The zero-order chi connectivity index (χ0) is 30.6. The smallest absolute Gasteiger partial charge is 0.274 e. The van der Waals surface area contributed by atoms with E-state index in [-0.39, 0.29) is 39.9 Å². The lowest BCUT2D eigenvalue weighted by Crippen LogP contribution is -2.40. The van der Waals surface area contributed by atoms with Crippen molar-refractivity contribution in [2.45, 2.75) is 17.7 Å². The molecule has 1 N–H and O–H groups in total. The van der Waals surface area contributed by atoms with Gasteiger partial charge in [-0.05, 0) is 67.4 Å². The van der Waals surface area contributed by atoms with E-state index in [2.05, 4.69) is 15.3 Å². The molecule has 0 saturated carbocycles. The molecule has 1 fully saturated rings. The molecule has 12 heteroatoms. The predicted molar refractivity (Wildman–Crippen MR) is 155 cm³/mol. The summed E-state index contributed by atoms with van der Waals surface area (Å²) in [6.07, 6.45) is 4.83. The van der Waals surface area contributed by atoms with E-state index in [4.69, 9.17) is 4.74 Å². The number of rotatable bonds is 8. The Morgan fingerprint density at radius 3 is 2.12 bits per heavy atom. The summed E-state index contributed by atoms with van der Waals surface area (Å²) < 4.78 is 41.9. The third-order valence-electron chi connectivity index (χ3n) is 6.99.